The molecule has 3 aromatic rings. The molecule has 1 aliphatic rings. The lowest BCUT2D eigenvalue weighted by Gasteiger charge is -2.27. The Morgan fingerprint density at radius 2 is 1.52 bits per heavy atom. The highest BCUT2D eigenvalue weighted by Crippen LogP contribution is 2.35. The number of rotatable bonds is 2. The summed E-state index contributed by atoms with van der Waals surface area (Å²) in [5.41, 5.74) is 7.35. The van der Waals surface area contributed by atoms with Gasteiger partial charge in [-0.25, -0.2) is 4.90 Å². The minimum absolute atomic E-state index is 0.115. The highest BCUT2D eigenvalue weighted by molar-refractivity contribution is 6.36. The lowest BCUT2D eigenvalue weighted by atomic mass is 9.93. The molecule has 0 radical (unpaired) electrons. The fraction of sp³-hybridized carbons (Fsp3) is 0. The van der Waals surface area contributed by atoms with Crippen LogP contribution in [0.4, 0.5) is 17.1 Å². The fourth-order valence-electron chi connectivity index (χ4n) is 3.08. The maximum absolute atomic E-state index is 12.9. The number of imide groups is 1. The predicted molar refractivity (Wildman–Crippen MR) is 92.6 cm³/mol. The lowest BCUT2D eigenvalue weighted by molar-refractivity contribution is -0.384. The third kappa shape index (κ3) is 2.06. The van der Waals surface area contributed by atoms with Crippen LogP contribution in [-0.2, 0) is 0 Å². The predicted octanol–water partition coefficient (Wildman–Crippen LogP) is 3.13. The van der Waals surface area contributed by atoms with Gasteiger partial charge < -0.3 is 5.73 Å². The number of benzene rings is 3. The molecule has 0 saturated carbocycles. The highest BCUT2D eigenvalue weighted by Gasteiger charge is 2.34. The van der Waals surface area contributed by atoms with E-state index in [4.69, 9.17) is 5.73 Å². The maximum Gasteiger partial charge on any atom is 0.269 e. The number of carbonyl (C=O) groups excluding carboxylic acids is 2. The van der Waals surface area contributed by atoms with Gasteiger partial charge in [-0.3, -0.25) is 19.7 Å². The van der Waals surface area contributed by atoms with Gasteiger partial charge in [-0.05, 0) is 30.3 Å². The van der Waals surface area contributed by atoms with Crippen molar-refractivity contribution in [3.63, 3.8) is 0 Å². The number of nitro groups is 1. The number of hydrogen-bond acceptors (Lipinski definition) is 5. The number of non-ortho nitro benzene ring substituents is 1. The van der Waals surface area contributed by atoms with E-state index in [9.17, 15) is 19.7 Å². The maximum atomic E-state index is 12.9. The second kappa shape index (κ2) is 5.13. The largest absolute Gasteiger partial charge is 0.398 e. The van der Waals surface area contributed by atoms with Crippen LogP contribution in [0, 0.1) is 10.1 Å². The average Bonchev–Trinajstić information content (AvgIpc) is 2.61. The second-order valence-electron chi connectivity index (χ2n) is 5.65. The molecule has 0 atom stereocenters. The van der Waals surface area contributed by atoms with Crippen molar-refractivity contribution < 1.29 is 14.5 Å². The molecule has 0 saturated heterocycles. The Bertz CT molecular complexity index is 1050. The first-order valence-electron chi connectivity index (χ1n) is 7.43. The van der Waals surface area contributed by atoms with Gasteiger partial charge in [-0.2, -0.15) is 0 Å². The van der Waals surface area contributed by atoms with Gasteiger partial charge in [0.2, 0.25) is 0 Å². The molecule has 0 unspecified atom stereocenters. The van der Waals surface area contributed by atoms with Crippen molar-refractivity contribution in [2.75, 3.05) is 10.6 Å². The summed E-state index contributed by atoms with van der Waals surface area (Å²) in [6, 6.07) is 13.6. The van der Waals surface area contributed by atoms with E-state index in [1.165, 1.54) is 24.3 Å². The molecule has 0 aromatic heterocycles. The number of amides is 2. The van der Waals surface area contributed by atoms with Crippen molar-refractivity contribution in [3.8, 4) is 0 Å². The molecule has 1 heterocycles. The van der Waals surface area contributed by atoms with Crippen molar-refractivity contribution >= 4 is 39.6 Å². The number of carbonyl (C=O) groups is 2. The van der Waals surface area contributed by atoms with Gasteiger partial charge >= 0.3 is 0 Å². The Kier molecular flexibility index (Phi) is 3.04. The van der Waals surface area contributed by atoms with Gasteiger partial charge in [0.05, 0.1) is 10.6 Å². The van der Waals surface area contributed by atoms with E-state index in [-0.39, 0.29) is 11.4 Å². The number of nitrogens with zero attached hydrogens (tertiary/aromatic N) is 2. The molecule has 2 amide bonds. The van der Waals surface area contributed by atoms with Crippen molar-refractivity contribution in [2.24, 2.45) is 0 Å². The van der Waals surface area contributed by atoms with E-state index in [1.807, 2.05) is 0 Å². The summed E-state index contributed by atoms with van der Waals surface area (Å²) < 4.78 is 0. The SMILES string of the molecule is Nc1ccc2c3c(cccc13)C(=O)N(c1ccc([N+](=O)[O-])cc1)C2=O. The summed E-state index contributed by atoms with van der Waals surface area (Å²) in [4.78, 5) is 37.0. The Balaban J connectivity index is 1.91. The number of hydrogen-bond donors (Lipinski definition) is 1. The van der Waals surface area contributed by atoms with E-state index < -0.39 is 16.7 Å². The Hall–Kier alpha value is -3.74. The topological polar surface area (TPSA) is 107 Å². The van der Waals surface area contributed by atoms with Crippen molar-refractivity contribution in [2.45, 2.75) is 0 Å². The molecule has 0 fully saturated rings. The summed E-state index contributed by atoms with van der Waals surface area (Å²) in [6.07, 6.45) is 0. The van der Waals surface area contributed by atoms with Crippen LogP contribution in [0.1, 0.15) is 20.7 Å². The normalized spacial score (nSPS) is 13.4. The molecule has 7 heteroatoms. The van der Waals surface area contributed by atoms with Crippen LogP contribution in [0.3, 0.4) is 0 Å². The van der Waals surface area contributed by atoms with Gasteiger partial charge in [0.15, 0.2) is 0 Å². The Morgan fingerprint density at radius 1 is 0.880 bits per heavy atom. The van der Waals surface area contributed by atoms with Gasteiger partial charge in [-0.15, -0.1) is 0 Å². The molecule has 4 rings (SSSR count). The van der Waals surface area contributed by atoms with Crippen LogP contribution in [0.25, 0.3) is 10.8 Å². The van der Waals surface area contributed by atoms with Crippen molar-refractivity contribution in [3.05, 3.63) is 75.8 Å². The van der Waals surface area contributed by atoms with Crippen molar-refractivity contribution in [1.82, 2.24) is 0 Å². The first-order chi connectivity index (χ1) is 12.0. The summed E-state index contributed by atoms with van der Waals surface area (Å²) in [6.45, 7) is 0. The third-order valence-corrected chi connectivity index (χ3v) is 4.26. The zero-order valence-corrected chi connectivity index (χ0v) is 12.8. The third-order valence-electron chi connectivity index (χ3n) is 4.26. The molecule has 122 valence electrons. The molecule has 25 heavy (non-hydrogen) atoms. The minimum atomic E-state index is -0.539. The first kappa shape index (κ1) is 14.8. The first-order valence-corrected chi connectivity index (χ1v) is 7.43. The summed E-state index contributed by atoms with van der Waals surface area (Å²) >= 11 is 0. The Labute approximate surface area is 141 Å². The number of nitrogens with two attached hydrogens (primary N) is 1. The number of anilines is 2. The average molecular weight is 333 g/mol. The van der Waals surface area contributed by atoms with Crippen LogP contribution in [0.2, 0.25) is 0 Å². The highest BCUT2D eigenvalue weighted by atomic mass is 16.6. The lowest BCUT2D eigenvalue weighted by Crippen LogP contribution is -2.40. The molecule has 1 aliphatic heterocycles. The molecule has 0 bridgehead atoms. The van der Waals surface area contributed by atoms with E-state index >= 15 is 0 Å². The number of nitro benzene ring substituents is 1. The smallest absolute Gasteiger partial charge is 0.269 e. The molecule has 7 nitrogen and oxygen atoms in total. The summed E-state index contributed by atoms with van der Waals surface area (Å²) in [7, 11) is 0. The van der Waals surface area contributed by atoms with Crippen LogP contribution >= 0.6 is 0 Å². The van der Waals surface area contributed by atoms with Gasteiger partial charge in [0.25, 0.3) is 17.5 Å². The van der Waals surface area contributed by atoms with Gasteiger partial charge in [0, 0.05) is 39.7 Å². The van der Waals surface area contributed by atoms with E-state index in [2.05, 4.69) is 0 Å². The van der Waals surface area contributed by atoms with Crippen LogP contribution in [0.15, 0.2) is 54.6 Å². The molecule has 2 N–H and O–H groups in total. The zero-order valence-electron chi connectivity index (χ0n) is 12.8. The van der Waals surface area contributed by atoms with Crippen LogP contribution in [0.5, 0.6) is 0 Å². The van der Waals surface area contributed by atoms with Gasteiger partial charge in [0.1, 0.15) is 0 Å². The standard InChI is InChI=1S/C18H11N3O4/c19-15-9-8-14-16-12(15)2-1-3-13(16)17(22)20(18(14)23)10-4-6-11(7-5-10)21(24)25/h1-9H,19H2. The minimum Gasteiger partial charge on any atom is -0.398 e. The molecular weight excluding hydrogens is 322 g/mol. The molecule has 0 aliphatic carbocycles. The monoisotopic (exact) mass is 333 g/mol. The van der Waals surface area contributed by atoms with E-state index in [0.717, 1.165) is 4.90 Å². The van der Waals surface area contributed by atoms with Gasteiger partial charge in [-0.1, -0.05) is 12.1 Å². The summed E-state index contributed by atoms with van der Waals surface area (Å²) in [5.74, 6) is -0.967. The zero-order chi connectivity index (χ0) is 17.7. The van der Waals surface area contributed by atoms with E-state index in [1.54, 1.807) is 30.3 Å². The molecule has 0 spiro atoms. The second-order valence-corrected chi connectivity index (χ2v) is 5.65. The van der Waals surface area contributed by atoms with Crippen LogP contribution in [-0.4, -0.2) is 16.7 Å². The Morgan fingerprint density at radius 3 is 2.16 bits per heavy atom. The van der Waals surface area contributed by atoms with Crippen LogP contribution < -0.4 is 10.6 Å². The quantitative estimate of drug-likeness (QED) is 0.335. The van der Waals surface area contributed by atoms with E-state index in [0.29, 0.717) is 27.6 Å². The molecule has 3 aromatic carbocycles. The fourth-order valence-corrected chi connectivity index (χ4v) is 3.08. The molecular formula is C18H11N3O4. The number of nitrogen functional groups attached to an aromatic ring is 1. The summed E-state index contributed by atoms with van der Waals surface area (Å²) in [5, 5.41) is 12.0. The van der Waals surface area contributed by atoms with Crippen molar-refractivity contribution in [1.29, 1.82) is 0 Å².